The van der Waals surface area contributed by atoms with E-state index in [0.29, 0.717) is 19.6 Å². The summed E-state index contributed by atoms with van der Waals surface area (Å²) in [5.74, 6) is -0.329. The third-order valence-electron chi connectivity index (χ3n) is 3.48. The Morgan fingerprint density at radius 2 is 1.86 bits per heavy atom. The summed E-state index contributed by atoms with van der Waals surface area (Å²) < 4.78 is 59.9. The van der Waals surface area contributed by atoms with Crippen LogP contribution >= 0.6 is 0 Å². The largest absolute Gasteiger partial charge is 0.501 e. The van der Waals surface area contributed by atoms with Gasteiger partial charge in [0.2, 0.25) is 0 Å². The number of carbonyl (C=O) groups is 1. The summed E-state index contributed by atoms with van der Waals surface area (Å²) in [6.45, 7) is 3.61. The first kappa shape index (κ1) is 16.8. The van der Waals surface area contributed by atoms with Crippen LogP contribution in [0.4, 0.5) is 13.2 Å². The second kappa shape index (κ2) is 5.88. The second-order valence-corrected chi connectivity index (χ2v) is 6.97. The van der Waals surface area contributed by atoms with Crippen molar-refractivity contribution in [2.45, 2.75) is 23.4 Å². The van der Waals surface area contributed by atoms with Gasteiger partial charge in [0.25, 0.3) is 15.7 Å². The smallest absolute Gasteiger partial charge is 0.333 e. The van der Waals surface area contributed by atoms with Crippen LogP contribution in [-0.2, 0) is 9.84 Å². The number of rotatable bonds is 2. The van der Waals surface area contributed by atoms with Crippen LogP contribution in [0.1, 0.15) is 17.3 Å². The molecule has 22 heavy (non-hydrogen) atoms. The molecule has 1 saturated heterocycles. The van der Waals surface area contributed by atoms with E-state index in [1.54, 1.807) is 4.90 Å². The van der Waals surface area contributed by atoms with Crippen LogP contribution in [0.15, 0.2) is 29.2 Å². The van der Waals surface area contributed by atoms with E-state index in [9.17, 15) is 26.4 Å². The Labute approximate surface area is 126 Å². The molecule has 1 aliphatic heterocycles. The van der Waals surface area contributed by atoms with Crippen LogP contribution in [0, 0.1) is 0 Å². The maximum Gasteiger partial charge on any atom is 0.501 e. The fraction of sp³-hybridized carbons (Fsp3) is 0.462. The molecule has 1 amide bonds. The number of nitrogens with zero attached hydrogens (tertiary/aromatic N) is 1. The lowest BCUT2D eigenvalue weighted by Gasteiger charge is -2.34. The Morgan fingerprint density at radius 1 is 1.27 bits per heavy atom. The van der Waals surface area contributed by atoms with Gasteiger partial charge in [-0.15, -0.1) is 0 Å². The van der Waals surface area contributed by atoms with Crippen molar-refractivity contribution in [1.82, 2.24) is 10.2 Å². The molecule has 1 aromatic rings. The highest BCUT2D eigenvalue weighted by Gasteiger charge is 2.46. The molecule has 1 heterocycles. The summed E-state index contributed by atoms with van der Waals surface area (Å²) in [6, 6.07) is 3.79. The summed E-state index contributed by atoms with van der Waals surface area (Å²) in [4.78, 5) is 13.0. The number of sulfone groups is 1. The molecule has 122 valence electrons. The maximum absolute atomic E-state index is 12.5. The minimum absolute atomic E-state index is 0.0418. The Bertz CT molecular complexity index is 656. The molecular weight excluding hydrogens is 321 g/mol. The molecule has 0 unspecified atom stereocenters. The highest BCUT2D eigenvalue weighted by molar-refractivity contribution is 7.92. The summed E-state index contributed by atoms with van der Waals surface area (Å²) in [5.41, 5.74) is -5.19. The van der Waals surface area contributed by atoms with Gasteiger partial charge in [0.15, 0.2) is 0 Å². The van der Waals surface area contributed by atoms with Crippen molar-refractivity contribution in [2.75, 3.05) is 19.6 Å². The lowest BCUT2D eigenvalue weighted by atomic mass is 10.1. The van der Waals surface area contributed by atoms with Gasteiger partial charge in [0, 0.05) is 31.2 Å². The van der Waals surface area contributed by atoms with Gasteiger partial charge in [-0.1, -0.05) is 0 Å². The molecule has 1 aromatic carbocycles. The molecule has 0 spiro atoms. The van der Waals surface area contributed by atoms with Crippen LogP contribution in [0.3, 0.4) is 0 Å². The lowest BCUT2D eigenvalue weighted by Crippen LogP contribution is -2.52. The van der Waals surface area contributed by atoms with Crippen molar-refractivity contribution >= 4 is 15.7 Å². The minimum atomic E-state index is -5.39. The highest BCUT2D eigenvalue weighted by Crippen LogP contribution is 2.30. The van der Waals surface area contributed by atoms with Gasteiger partial charge in [-0.05, 0) is 31.2 Å². The molecule has 2 rings (SSSR count). The third-order valence-corrected chi connectivity index (χ3v) is 4.98. The van der Waals surface area contributed by atoms with Crippen LogP contribution in [-0.4, -0.2) is 50.4 Å². The molecule has 0 radical (unpaired) electrons. The van der Waals surface area contributed by atoms with E-state index >= 15 is 0 Å². The molecule has 9 heteroatoms. The molecule has 0 aromatic heterocycles. The Kier molecular flexibility index (Phi) is 4.48. The zero-order valence-electron chi connectivity index (χ0n) is 11.7. The fourth-order valence-electron chi connectivity index (χ4n) is 2.22. The molecule has 0 saturated carbocycles. The fourth-order valence-corrected chi connectivity index (χ4v) is 2.98. The van der Waals surface area contributed by atoms with Crippen LogP contribution in [0.5, 0.6) is 0 Å². The van der Waals surface area contributed by atoms with Crippen molar-refractivity contribution < 1.29 is 26.4 Å². The van der Waals surface area contributed by atoms with Crippen LogP contribution < -0.4 is 5.32 Å². The van der Waals surface area contributed by atoms with Gasteiger partial charge in [-0.3, -0.25) is 4.79 Å². The third kappa shape index (κ3) is 3.09. The first-order valence-corrected chi connectivity index (χ1v) is 8.06. The predicted molar refractivity (Wildman–Crippen MR) is 73.1 cm³/mol. The highest BCUT2D eigenvalue weighted by atomic mass is 32.2. The number of carbonyl (C=O) groups excluding carboxylic acids is 1. The average Bonchev–Trinajstić information content (AvgIpc) is 2.46. The summed E-state index contributed by atoms with van der Waals surface area (Å²) in [5, 5.41) is 3.12. The summed E-state index contributed by atoms with van der Waals surface area (Å²) >= 11 is 0. The van der Waals surface area contributed by atoms with E-state index in [-0.39, 0.29) is 17.5 Å². The molecule has 5 nitrogen and oxygen atoms in total. The van der Waals surface area contributed by atoms with Gasteiger partial charge in [0.05, 0.1) is 4.90 Å². The first-order chi connectivity index (χ1) is 10.1. The monoisotopic (exact) mass is 336 g/mol. The van der Waals surface area contributed by atoms with Crippen molar-refractivity contribution in [3.05, 3.63) is 29.8 Å². The normalized spacial score (nSPS) is 20.0. The van der Waals surface area contributed by atoms with Crippen molar-refractivity contribution in [3.8, 4) is 0 Å². The molecule has 1 atom stereocenters. The number of halogens is 3. The Hall–Kier alpha value is -1.61. The van der Waals surface area contributed by atoms with Crippen molar-refractivity contribution in [1.29, 1.82) is 0 Å². The van der Waals surface area contributed by atoms with E-state index in [4.69, 9.17) is 0 Å². The topological polar surface area (TPSA) is 66.5 Å². The molecule has 0 aliphatic carbocycles. The SMILES string of the molecule is C[C@@H]1CNCCN1C(=O)c1ccc(S(=O)(=O)C(F)(F)F)cc1. The van der Waals surface area contributed by atoms with Gasteiger partial charge >= 0.3 is 5.51 Å². The maximum atomic E-state index is 12.5. The second-order valence-electron chi connectivity index (χ2n) is 5.03. The van der Waals surface area contributed by atoms with E-state index in [2.05, 4.69) is 5.32 Å². The number of amides is 1. The van der Waals surface area contributed by atoms with Gasteiger partial charge in [-0.25, -0.2) is 8.42 Å². The summed E-state index contributed by atoms with van der Waals surface area (Å²) in [7, 11) is -5.39. The quantitative estimate of drug-likeness (QED) is 0.887. The molecule has 1 fully saturated rings. The van der Waals surface area contributed by atoms with E-state index in [0.717, 1.165) is 24.3 Å². The van der Waals surface area contributed by atoms with E-state index in [1.165, 1.54) is 0 Å². The van der Waals surface area contributed by atoms with Gasteiger partial charge in [0.1, 0.15) is 0 Å². The van der Waals surface area contributed by atoms with Crippen molar-refractivity contribution in [2.24, 2.45) is 0 Å². The van der Waals surface area contributed by atoms with E-state index in [1.807, 2.05) is 6.92 Å². The number of nitrogens with one attached hydrogen (secondary N) is 1. The van der Waals surface area contributed by atoms with Gasteiger partial charge < -0.3 is 10.2 Å². The predicted octanol–water partition coefficient (Wildman–Crippen LogP) is 1.41. The molecule has 0 bridgehead atoms. The van der Waals surface area contributed by atoms with Crippen molar-refractivity contribution in [3.63, 3.8) is 0 Å². The molecule has 1 N–H and O–H groups in total. The Morgan fingerprint density at radius 3 is 2.36 bits per heavy atom. The number of piperazine rings is 1. The number of alkyl halides is 3. The van der Waals surface area contributed by atoms with Crippen LogP contribution in [0.2, 0.25) is 0 Å². The van der Waals surface area contributed by atoms with Crippen LogP contribution in [0.25, 0.3) is 0 Å². The summed E-state index contributed by atoms with van der Waals surface area (Å²) in [6.07, 6.45) is 0. The molecule has 1 aliphatic rings. The van der Waals surface area contributed by atoms with Gasteiger partial charge in [-0.2, -0.15) is 13.2 Å². The molecular formula is C13H15F3N2O3S. The first-order valence-electron chi connectivity index (χ1n) is 6.57. The lowest BCUT2D eigenvalue weighted by molar-refractivity contribution is -0.0436. The minimum Gasteiger partial charge on any atom is -0.333 e. The Balaban J connectivity index is 2.24. The number of hydrogen-bond acceptors (Lipinski definition) is 4. The number of hydrogen-bond donors (Lipinski definition) is 1. The number of benzene rings is 1. The average molecular weight is 336 g/mol. The zero-order chi connectivity index (χ0) is 16.5. The van der Waals surface area contributed by atoms with E-state index < -0.39 is 20.2 Å². The zero-order valence-corrected chi connectivity index (χ0v) is 12.5. The standard InChI is InChI=1S/C13H15F3N2O3S/c1-9-8-17-6-7-18(9)12(19)10-2-4-11(5-3-10)22(20,21)13(14,15)16/h2-5,9,17H,6-8H2,1H3/t9-/m1/s1.